The van der Waals surface area contributed by atoms with Crippen molar-refractivity contribution in [2.45, 2.75) is 39.0 Å². The van der Waals surface area contributed by atoms with Gasteiger partial charge in [0.1, 0.15) is 23.2 Å². The Morgan fingerprint density at radius 3 is 2.39 bits per heavy atom. The van der Waals surface area contributed by atoms with E-state index < -0.39 is 5.60 Å². The van der Waals surface area contributed by atoms with Gasteiger partial charge in [0.2, 0.25) is 0 Å². The Morgan fingerprint density at radius 1 is 1.05 bits per heavy atom. The molecule has 0 saturated carbocycles. The first-order valence-electron chi connectivity index (χ1n) is 13.0. The molecule has 0 aromatic heterocycles. The number of nitrogens with one attached hydrogen (secondary N) is 1. The fourth-order valence-electron chi connectivity index (χ4n) is 4.07. The summed E-state index contributed by atoms with van der Waals surface area (Å²) >= 11 is 15.6. The summed E-state index contributed by atoms with van der Waals surface area (Å²) in [6, 6.07) is 17.8. The molecule has 0 bridgehead atoms. The third-order valence-corrected chi connectivity index (χ3v) is 7.63. The average Bonchev–Trinajstić information content (AvgIpc) is 2.92. The van der Waals surface area contributed by atoms with E-state index in [0.29, 0.717) is 53.5 Å². The molecule has 0 radical (unpaired) electrons. The fourth-order valence-corrected chi connectivity index (χ4v) is 4.84. The molecule has 1 aliphatic heterocycles. The lowest BCUT2D eigenvalue weighted by atomic mass is 10.1. The van der Waals surface area contributed by atoms with Gasteiger partial charge in [-0.2, -0.15) is 0 Å². The van der Waals surface area contributed by atoms with E-state index in [2.05, 4.69) is 21.2 Å². The molecule has 218 valence electrons. The van der Waals surface area contributed by atoms with E-state index in [4.69, 9.17) is 37.4 Å². The Morgan fingerprint density at radius 2 is 1.73 bits per heavy atom. The lowest BCUT2D eigenvalue weighted by Gasteiger charge is -2.34. The van der Waals surface area contributed by atoms with Crippen molar-refractivity contribution in [3.63, 3.8) is 0 Å². The minimum atomic E-state index is -0.556. The number of carbonyl (C=O) groups is 2. The molecular weight excluding hydrogens is 633 g/mol. The standard InChI is InChI=1S/C30H32BrCl2N3O5/c1-30(2,3)41-29(38)36-13-14-39-27(18-36)19-5-8-21(9-6-19)34-28(37)35(4)17-20-7-10-22(15-24(20)31)40-23-11-12-25(32)26(33)16-23/h5-12,15-16,27H,13-14,17-18H2,1-4H3,(H,34,37). The van der Waals surface area contributed by atoms with Crippen LogP contribution in [0.1, 0.15) is 38.0 Å². The SMILES string of the molecule is CN(Cc1ccc(Oc2ccc(Cl)c(Cl)c2)cc1Br)C(=O)Nc1ccc(C2CN(C(=O)OC(C)(C)C)CCO2)cc1. The predicted octanol–water partition coefficient (Wildman–Crippen LogP) is 8.52. The maximum absolute atomic E-state index is 12.9. The van der Waals surface area contributed by atoms with Crippen LogP contribution in [0.2, 0.25) is 10.0 Å². The molecular formula is C30H32BrCl2N3O5. The number of ether oxygens (including phenoxy) is 3. The van der Waals surface area contributed by atoms with Crippen molar-refractivity contribution in [3.8, 4) is 11.5 Å². The molecule has 3 amide bonds. The molecule has 1 heterocycles. The quantitative estimate of drug-likeness (QED) is 0.286. The van der Waals surface area contributed by atoms with Crippen molar-refractivity contribution in [1.82, 2.24) is 9.80 Å². The molecule has 1 fully saturated rings. The summed E-state index contributed by atoms with van der Waals surface area (Å²) in [7, 11) is 1.72. The van der Waals surface area contributed by atoms with Gasteiger partial charge in [-0.1, -0.05) is 57.3 Å². The third-order valence-electron chi connectivity index (χ3n) is 6.16. The van der Waals surface area contributed by atoms with Crippen molar-refractivity contribution < 1.29 is 23.8 Å². The Hall–Kier alpha value is -2.98. The zero-order valence-electron chi connectivity index (χ0n) is 23.2. The summed E-state index contributed by atoms with van der Waals surface area (Å²) in [5.74, 6) is 1.18. The van der Waals surface area contributed by atoms with E-state index in [-0.39, 0.29) is 18.2 Å². The van der Waals surface area contributed by atoms with E-state index in [1.807, 2.05) is 63.2 Å². The van der Waals surface area contributed by atoms with Crippen LogP contribution < -0.4 is 10.1 Å². The Labute approximate surface area is 258 Å². The summed E-state index contributed by atoms with van der Waals surface area (Å²) in [5, 5.41) is 3.78. The highest BCUT2D eigenvalue weighted by atomic mass is 79.9. The average molecular weight is 665 g/mol. The number of rotatable bonds is 6. The topological polar surface area (TPSA) is 80.3 Å². The van der Waals surface area contributed by atoms with Crippen LogP contribution in [-0.4, -0.2) is 54.3 Å². The van der Waals surface area contributed by atoms with Crippen LogP contribution in [-0.2, 0) is 16.0 Å². The van der Waals surface area contributed by atoms with Gasteiger partial charge in [0.15, 0.2) is 0 Å². The van der Waals surface area contributed by atoms with Gasteiger partial charge in [-0.25, -0.2) is 9.59 Å². The van der Waals surface area contributed by atoms with E-state index in [0.717, 1.165) is 15.6 Å². The van der Waals surface area contributed by atoms with Crippen molar-refractivity contribution in [3.05, 3.63) is 86.3 Å². The van der Waals surface area contributed by atoms with E-state index in [1.165, 1.54) is 0 Å². The van der Waals surface area contributed by atoms with Crippen molar-refractivity contribution in [1.29, 1.82) is 0 Å². The Kier molecular flexibility index (Phi) is 10.1. The molecule has 0 aliphatic carbocycles. The molecule has 1 unspecified atom stereocenters. The van der Waals surface area contributed by atoms with Gasteiger partial charge in [0.05, 0.1) is 23.2 Å². The number of benzene rings is 3. The predicted molar refractivity (Wildman–Crippen MR) is 164 cm³/mol. The molecule has 3 aromatic carbocycles. The van der Waals surface area contributed by atoms with Gasteiger partial charge < -0.3 is 29.3 Å². The van der Waals surface area contributed by atoms with Crippen molar-refractivity contribution in [2.75, 3.05) is 32.1 Å². The summed E-state index contributed by atoms with van der Waals surface area (Å²) < 4.78 is 18.1. The maximum Gasteiger partial charge on any atom is 0.410 e. The van der Waals surface area contributed by atoms with Crippen LogP contribution >= 0.6 is 39.1 Å². The lowest BCUT2D eigenvalue weighted by Crippen LogP contribution is -2.44. The van der Waals surface area contributed by atoms with E-state index >= 15 is 0 Å². The molecule has 1 N–H and O–H groups in total. The number of hydrogen-bond donors (Lipinski definition) is 1. The molecule has 3 aromatic rings. The number of urea groups is 1. The molecule has 4 rings (SSSR count). The van der Waals surface area contributed by atoms with Gasteiger partial charge in [-0.15, -0.1) is 0 Å². The van der Waals surface area contributed by atoms with Gasteiger partial charge >= 0.3 is 12.1 Å². The number of nitrogens with zero attached hydrogens (tertiary/aromatic N) is 2. The van der Waals surface area contributed by atoms with Crippen LogP contribution in [0.4, 0.5) is 15.3 Å². The largest absolute Gasteiger partial charge is 0.457 e. The van der Waals surface area contributed by atoms with Gasteiger partial charge in [-0.05, 0) is 68.3 Å². The van der Waals surface area contributed by atoms with Crippen LogP contribution in [0.5, 0.6) is 11.5 Å². The van der Waals surface area contributed by atoms with Crippen molar-refractivity contribution in [2.24, 2.45) is 0 Å². The molecule has 41 heavy (non-hydrogen) atoms. The molecule has 1 aliphatic rings. The summed E-state index contributed by atoms with van der Waals surface area (Å²) in [6.07, 6.45) is -0.623. The molecule has 8 nitrogen and oxygen atoms in total. The molecule has 1 saturated heterocycles. The first-order valence-corrected chi connectivity index (χ1v) is 14.6. The smallest absolute Gasteiger partial charge is 0.410 e. The summed E-state index contributed by atoms with van der Waals surface area (Å²) in [6.45, 7) is 7.21. The highest BCUT2D eigenvalue weighted by molar-refractivity contribution is 9.10. The molecule has 1 atom stereocenters. The van der Waals surface area contributed by atoms with Crippen LogP contribution in [0.25, 0.3) is 0 Å². The van der Waals surface area contributed by atoms with Gasteiger partial charge in [-0.3, -0.25) is 0 Å². The van der Waals surface area contributed by atoms with E-state index in [9.17, 15) is 9.59 Å². The van der Waals surface area contributed by atoms with Gasteiger partial charge in [0, 0.05) is 36.4 Å². The monoisotopic (exact) mass is 663 g/mol. The first kappa shape index (κ1) is 31.0. The molecule has 0 spiro atoms. The third kappa shape index (κ3) is 8.75. The van der Waals surface area contributed by atoms with Crippen LogP contribution in [0, 0.1) is 0 Å². The van der Waals surface area contributed by atoms with E-state index in [1.54, 1.807) is 35.0 Å². The molecule has 11 heteroatoms. The number of halogens is 3. The zero-order chi connectivity index (χ0) is 29.7. The van der Waals surface area contributed by atoms with Crippen molar-refractivity contribution >= 4 is 56.9 Å². The Balaban J connectivity index is 1.31. The lowest BCUT2D eigenvalue weighted by molar-refractivity contribution is -0.0432. The Bertz CT molecular complexity index is 1400. The van der Waals surface area contributed by atoms with Gasteiger partial charge in [0.25, 0.3) is 0 Å². The van der Waals surface area contributed by atoms with Crippen LogP contribution in [0.3, 0.4) is 0 Å². The second-order valence-corrected chi connectivity index (χ2v) is 12.3. The normalized spacial score (nSPS) is 15.3. The number of hydrogen-bond acceptors (Lipinski definition) is 5. The maximum atomic E-state index is 12.9. The minimum Gasteiger partial charge on any atom is -0.457 e. The first-order chi connectivity index (χ1) is 19.4. The highest BCUT2D eigenvalue weighted by Crippen LogP contribution is 2.32. The number of carbonyl (C=O) groups excluding carboxylic acids is 2. The number of amides is 3. The van der Waals surface area contributed by atoms with Crippen LogP contribution in [0.15, 0.2) is 65.1 Å². The highest BCUT2D eigenvalue weighted by Gasteiger charge is 2.29. The number of morpholine rings is 1. The number of anilines is 1. The minimum absolute atomic E-state index is 0.259. The summed E-state index contributed by atoms with van der Waals surface area (Å²) in [5.41, 5.74) is 1.91. The fraction of sp³-hybridized carbons (Fsp3) is 0.333. The summed E-state index contributed by atoms with van der Waals surface area (Å²) in [4.78, 5) is 28.6. The second-order valence-electron chi connectivity index (χ2n) is 10.6. The second kappa shape index (κ2) is 13.3. The zero-order valence-corrected chi connectivity index (χ0v) is 26.3.